The van der Waals surface area contributed by atoms with Gasteiger partial charge in [-0.15, -0.1) is 35.3 Å². The van der Waals surface area contributed by atoms with E-state index in [-0.39, 0.29) is 29.9 Å². The van der Waals surface area contributed by atoms with Gasteiger partial charge in [0, 0.05) is 26.2 Å². The SMILES string of the molecule is CN=C(NCCCNC(=O)c1cccs1)NC1CC1.I. The Hall–Kier alpha value is -0.830. The Balaban J connectivity index is 0.00000200. The van der Waals surface area contributed by atoms with Crippen molar-refractivity contribution < 1.29 is 4.79 Å². The lowest BCUT2D eigenvalue weighted by atomic mass is 10.4. The Morgan fingerprint density at radius 3 is 2.75 bits per heavy atom. The maximum atomic E-state index is 11.7. The van der Waals surface area contributed by atoms with E-state index < -0.39 is 0 Å². The van der Waals surface area contributed by atoms with Crippen LogP contribution < -0.4 is 16.0 Å². The van der Waals surface area contributed by atoms with Crippen LogP contribution in [0.2, 0.25) is 0 Å². The third-order valence-electron chi connectivity index (χ3n) is 2.82. The van der Waals surface area contributed by atoms with Crippen LogP contribution >= 0.6 is 35.3 Å². The molecule has 0 bridgehead atoms. The van der Waals surface area contributed by atoms with Crippen molar-refractivity contribution in [3.63, 3.8) is 0 Å². The van der Waals surface area contributed by atoms with Gasteiger partial charge in [-0.1, -0.05) is 6.07 Å². The molecule has 0 saturated heterocycles. The summed E-state index contributed by atoms with van der Waals surface area (Å²) in [4.78, 5) is 16.6. The zero-order chi connectivity index (χ0) is 13.5. The first-order chi connectivity index (χ1) is 9.29. The lowest BCUT2D eigenvalue weighted by Crippen LogP contribution is -2.39. The van der Waals surface area contributed by atoms with Gasteiger partial charge in [-0.05, 0) is 30.7 Å². The van der Waals surface area contributed by atoms with E-state index in [0.717, 1.165) is 23.8 Å². The van der Waals surface area contributed by atoms with Crippen LogP contribution in [0.15, 0.2) is 22.5 Å². The highest BCUT2D eigenvalue weighted by Crippen LogP contribution is 2.18. The molecule has 1 fully saturated rings. The average Bonchev–Trinajstić information content (AvgIpc) is 3.06. The molecule has 0 aliphatic heterocycles. The molecule has 1 saturated carbocycles. The fourth-order valence-corrected chi connectivity index (χ4v) is 2.25. The average molecular weight is 408 g/mol. The van der Waals surface area contributed by atoms with E-state index in [1.807, 2.05) is 17.5 Å². The van der Waals surface area contributed by atoms with Gasteiger partial charge in [-0.25, -0.2) is 0 Å². The van der Waals surface area contributed by atoms with Gasteiger partial charge in [0.1, 0.15) is 0 Å². The molecule has 0 radical (unpaired) electrons. The molecular weight excluding hydrogens is 387 g/mol. The number of nitrogens with one attached hydrogen (secondary N) is 3. The van der Waals surface area contributed by atoms with E-state index in [9.17, 15) is 4.79 Å². The fraction of sp³-hybridized carbons (Fsp3) is 0.538. The van der Waals surface area contributed by atoms with Gasteiger partial charge in [-0.2, -0.15) is 0 Å². The number of nitrogens with zero attached hydrogens (tertiary/aromatic N) is 1. The first-order valence-corrected chi connectivity index (χ1v) is 7.46. The molecule has 1 aliphatic carbocycles. The van der Waals surface area contributed by atoms with E-state index >= 15 is 0 Å². The lowest BCUT2D eigenvalue weighted by molar-refractivity contribution is 0.0957. The number of amides is 1. The van der Waals surface area contributed by atoms with Crippen molar-refractivity contribution in [2.75, 3.05) is 20.1 Å². The van der Waals surface area contributed by atoms with Crippen LogP contribution in [0.1, 0.15) is 28.9 Å². The van der Waals surface area contributed by atoms with Crippen LogP contribution in [0.25, 0.3) is 0 Å². The molecule has 112 valence electrons. The quantitative estimate of drug-likeness (QED) is 0.291. The zero-order valence-electron chi connectivity index (χ0n) is 11.5. The van der Waals surface area contributed by atoms with Crippen LogP contribution in [0, 0.1) is 0 Å². The van der Waals surface area contributed by atoms with Gasteiger partial charge in [0.05, 0.1) is 4.88 Å². The minimum absolute atomic E-state index is 0. The normalized spacial score (nSPS) is 14.3. The van der Waals surface area contributed by atoms with Crippen LogP contribution in [0.3, 0.4) is 0 Å². The van der Waals surface area contributed by atoms with Crippen LogP contribution in [-0.2, 0) is 0 Å². The van der Waals surface area contributed by atoms with Crippen LogP contribution in [0.4, 0.5) is 0 Å². The largest absolute Gasteiger partial charge is 0.356 e. The highest BCUT2D eigenvalue weighted by Gasteiger charge is 2.21. The molecular formula is C13H21IN4OS. The molecule has 0 aromatic carbocycles. The summed E-state index contributed by atoms with van der Waals surface area (Å²) in [6.45, 7) is 1.47. The number of rotatable bonds is 6. The molecule has 20 heavy (non-hydrogen) atoms. The molecule has 1 heterocycles. The van der Waals surface area contributed by atoms with Crippen molar-refractivity contribution in [3.05, 3.63) is 22.4 Å². The number of hydrogen-bond acceptors (Lipinski definition) is 3. The van der Waals surface area contributed by atoms with Gasteiger partial charge < -0.3 is 16.0 Å². The highest BCUT2D eigenvalue weighted by atomic mass is 127. The summed E-state index contributed by atoms with van der Waals surface area (Å²) in [5.74, 6) is 0.863. The standard InChI is InChI=1S/C13H20N4OS.HI/c1-14-13(17-10-5-6-10)16-8-3-7-15-12(18)11-4-2-9-19-11;/h2,4,9-10H,3,5-8H2,1H3,(H,15,18)(H2,14,16,17);1H. The van der Waals surface area contributed by atoms with Crippen molar-refractivity contribution in [1.29, 1.82) is 0 Å². The maximum Gasteiger partial charge on any atom is 0.261 e. The number of carbonyl (C=O) groups excluding carboxylic acids is 1. The van der Waals surface area contributed by atoms with Gasteiger partial charge in [0.15, 0.2) is 5.96 Å². The first-order valence-electron chi connectivity index (χ1n) is 6.58. The Labute approximate surface area is 140 Å². The number of halogens is 1. The summed E-state index contributed by atoms with van der Waals surface area (Å²) in [5, 5.41) is 11.4. The summed E-state index contributed by atoms with van der Waals surface area (Å²) < 4.78 is 0. The summed E-state index contributed by atoms with van der Waals surface area (Å²) in [6.07, 6.45) is 3.34. The van der Waals surface area contributed by atoms with Crippen molar-refractivity contribution in [1.82, 2.24) is 16.0 Å². The number of thiophene rings is 1. The second-order valence-electron chi connectivity index (χ2n) is 4.50. The smallest absolute Gasteiger partial charge is 0.261 e. The summed E-state index contributed by atoms with van der Waals surface area (Å²) in [5.41, 5.74) is 0. The van der Waals surface area contributed by atoms with Crippen LogP contribution in [0.5, 0.6) is 0 Å². The zero-order valence-corrected chi connectivity index (χ0v) is 14.7. The highest BCUT2D eigenvalue weighted by molar-refractivity contribution is 14.0. The van der Waals surface area contributed by atoms with Crippen LogP contribution in [-0.4, -0.2) is 38.0 Å². The van der Waals surface area contributed by atoms with E-state index in [1.54, 1.807) is 7.05 Å². The molecule has 0 unspecified atom stereocenters. The molecule has 5 nitrogen and oxygen atoms in total. The molecule has 3 N–H and O–H groups in total. The minimum Gasteiger partial charge on any atom is -0.356 e. The molecule has 0 atom stereocenters. The molecule has 7 heteroatoms. The fourth-order valence-electron chi connectivity index (χ4n) is 1.61. The van der Waals surface area contributed by atoms with Gasteiger partial charge >= 0.3 is 0 Å². The monoisotopic (exact) mass is 408 g/mol. The predicted octanol–water partition coefficient (Wildman–Crippen LogP) is 1.81. The summed E-state index contributed by atoms with van der Waals surface area (Å²) >= 11 is 1.46. The van der Waals surface area contributed by atoms with Crippen molar-refractivity contribution in [2.45, 2.75) is 25.3 Å². The topological polar surface area (TPSA) is 65.5 Å². The Bertz CT molecular complexity index is 432. The van der Waals surface area contributed by atoms with Gasteiger partial charge in [0.2, 0.25) is 0 Å². The van der Waals surface area contributed by atoms with Crippen molar-refractivity contribution >= 4 is 47.2 Å². The minimum atomic E-state index is 0. The second-order valence-corrected chi connectivity index (χ2v) is 5.45. The van der Waals surface area contributed by atoms with Crippen molar-refractivity contribution in [2.24, 2.45) is 4.99 Å². The molecule has 2 rings (SSSR count). The van der Waals surface area contributed by atoms with E-state index in [2.05, 4.69) is 20.9 Å². The molecule has 1 aromatic heterocycles. The third kappa shape index (κ3) is 6.08. The Morgan fingerprint density at radius 2 is 2.15 bits per heavy atom. The lowest BCUT2D eigenvalue weighted by Gasteiger charge is -2.11. The number of hydrogen-bond donors (Lipinski definition) is 3. The van der Waals surface area contributed by atoms with E-state index in [1.165, 1.54) is 24.2 Å². The van der Waals surface area contributed by atoms with Gasteiger partial charge in [-0.3, -0.25) is 9.79 Å². The molecule has 1 amide bonds. The number of carbonyl (C=O) groups is 1. The Morgan fingerprint density at radius 1 is 1.40 bits per heavy atom. The number of guanidine groups is 1. The molecule has 1 aliphatic rings. The number of aliphatic imine (C=N–C) groups is 1. The van der Waals surface area contributed by atoms with Gasteiger partial charge in [0.25, 0.3) is 5.91 Å². The summed E-state index contributed by atoms with van der Waals surface area (Å²) in [7, 11) is 1.77. The Kier molecular flexibility index (Phi) is 7.90. The first kappa shape index (κ1) is 17.2. The molecule has 0 spiro atoms. The maximum absolute atomic E-state index is 11.7. The third-order valence-corrected chi connectivity index (χ3v) is 3.69. The second kappa shape index (κ2) is 9.17. The predicted molar refractivity (Wildman–Crippen MR) is 94.2 cm³/mol. The van der Waals surface area contributed by atoms with E-state index in [4.69, 9.17) is 0 Å². The molecule has 1 aromatic rings. The van der Waals surface area contributed by atoms with E-state index in [0.29, 0.717) is 12.6 Å². The van der Waals surface area contributed by atoms with Crippen molar-refractivity contribution in [3.8, 4) is 0 Å². The summed E-state index contributed by atoms with van der Waals surface area (Å²) in [6, 6.07) is 4.32.